The van der Waals surface area contributed by atoms with Gasteiger partial charge >= 0.3 is 0 Å². The predicted octanol–water partition coefficient (Wildman–Crippen LogP) is 3.14. The average Bonchev–Trinajstić information content (AvgIpc) is 2.66. The van der Waals surface area contributed by atoms with Crippen LogP contribution in [-0.2, 0) is 5.60 Å². The summed E-state index contributed by atoms with van der Waals surface area (Å²) in [5.74, 6) is 0. The highest BCUT2D eigenvalue weighted by Crippen LogP contribution is 2.36. The minimum Gasteiger partial charge on any atom is -0.385 e. The second-order valence-electron chi connectivity index (χ2n) is 4.72. The zero-order valence-electron chi connectivity index (χ0n) is 9.50. The van der Waals surface area contributed by atoms with Gasteiger partial charge in [-0.25, -0.2) is 0 Å². The van der Waals surface area contributed by atoms with Crippen molar-refractivity contribution in [3.63, 3.8) is 0 Å². The summed E-state index contributed by atoms with van der Waals surface area (Å²) in [6, 6.07) is 2.27. The van der Waals surface area contributed by atoms with Gasteiger partial charge in [0.2, 0.25) is 0 Å². The molecular weight excluding hydrogens is 242 g/mol. The average molecular weight is 260 g/mol. The smallest absolute Gasteiger partial charge is 0.0989 e. The second kappa shape index (κ2) is 5.05. The van der Waals surface area contributed by atoms with E-state index in [9.17, 15) is 5.11 Å². The zero-order valence-corrected chi connectivity index (χ0v) is 11.1. The topological polar surface area (TPSA) is 32.3 Å². The number of nitrogens with one attached hydrogen (secondary N) is 1. The lowest BCUT2D eigenvalue weighted by atomic mass is 9.90. The van der Waals surface area contributed by atoms with Crippen molar-refractivity contribution in [2.45, 2.75) is 44.2 Å². The van der Waals surface area contributed by atoms with Gasteiger partial charge in [-0.1, -0.05) is 18.0 Å². The largest absolute Gasteiger partial charge is 0.385 e. The molecule has 0 bridgehead atoms. The van der Waals surface area contributed by atoms with Crippen LogP contribution in [0.3, 0.4) is 0 Å². The lowest BCUT2D eigenvalue weighted by molar-refractivity contribution is 0.0369. The minimum atomic E-state index is -0.805. The van der Waals surface area contributed by atoms with Crippen LogP contribution in [0.5, 0.6) is 0 Å². The number of hydrogen-bond acceptors (Lipinski definition) is 3. The van der Waals surface area contributed by atoms with E-state index in [1.165, 1.54) is 24.2 Å². The molecule has 0 aromatic carbocycles. The Morgan fingerprint density at radius 3 is 3.00 bits per heavy atom. The SMILES string of the molecule is CC(O)(CC1CCCCN1)c1sccc1Cl. The molecule has 2 N–H and O–H groups in total. The number of hydrogen-bond donors (Lipinski definition) is 2. The highest BCUT2D eigenvalue weighted by Gasteiger charge is 2.31. The zero-order chi connectivity index (χ0) is 11.6. The van der Waals surface area contributed by atoms with Gasteiger partial charge in [0.25, 0.3) is 0 Å². The Labute approximate surface area is 106 Å². The monoisotopic (exact) mass is 259 g/mol. The maximum Gasteiger partial charge on any atom is 0.0989 e. The van der Waals surface area contributed by atoms with E-state index in [1.54, 1.807) is 0 Å². The Morgan fingerprint density at radius 1 is 1.62 bits per heavy atom. The van der Waals surface area contributed by atoms with Crippen LogP contribution in [0, 0.1) is 0 Å². The van der Waals surface area contributed by atoms with Gasteiger partial charge < -0.3 is 10.4 Å². The summed E-state index contributed by atoms with van der Waals surface area (Å²) >= 11 is 7.61. The molecule has 16 heavy (non-hydrogen) atoms. The Balaban J connectivity index is 2.04. The lowest BCUT2D eigenvalue weighted by Gasteiger charge is -2.31. The van der Waals surface area contributed by atoms with Crippen LogP contribution in [0.1, 0.15) is 37.5 Å². The maximum atomic E-state index is 10.5. The number of piperidine rings is 1. The molecule has 1 aromatic heterocycles. The first kappa shape index (κ1) is 12.4. The van der Waals surface area contributed by atoms with Crippen molar-refractivity contribution in [3.05, 3.63) is 21.3 Å². The van der Waals surface area contributed by atoms with E-state index < -0.39 is 5.60 Å². The molecule has 1 aliphatic rings. The third-order valence-corrected chi connectivity index (χ3v) is 4.76. The Hall–Kier alpha value is -0.0900. The van der Waals surface area contributed by atoms with Crippen molar-refractivity contribution < 1.29 is 5.11 Å². The first-order chi connectivity index (χ1) is 7.59. The van der Waals surface area contributed by atoms with Crippen LogP contribution < -0.4 is 5.32 Å². The van der Waals surface area contributed by atoms with Gasteiger partial charge in [-0.05, 0) is 44.2 Å². The summed E-state index contributed by atoms with van der Waals surface area (Å²) in [5.41, 5.74) is -0.805. The first-order valence-electron chi connectivity index (χ1n) is 5.79. The number of rotatable bonds is 3. The van der Waals surface area contributed by atoms with Gasteiger partial charge in [-0.15, -0.1) is 11.3 Å². The fraction of sp³-hybridized carbons (Fsp3) is 0.667. The molecule has 1 fully saturated rings. The summed E-state index contributed by atoms with van der Waals surface area (Å²) in [6.45, 7) is 2.93. The Kier molecular flexibility index (Phi) is 3.90. The van der Waals surface area contributed by atoms with Gasteiger partial charge in [0, 0.05) is 6.04 Å². The summed E-state index contributed by atoms with van der Waals surface area (Å²) in [6.07, 6.45) is 4.40. The van der Waals surface area contributed by atoms with Crippen LogP contribution in [0.15, 0.2) is 11.4 Å². The normalized spacial score (nSPS) is 25.3. The van der Waals surface area contributed by atoms with Crippen molar-refractivity contribution in [3.8, 4) is 0 Å². The van der Waals surface area contributed by atoms with Gasteiger partial charge in [-0.2, -0.15) is 0 Å². The van der Waals surface area contributed by atoms with Crippen LogP contribution in [0.4, 0.5) is 0 Å². The van der Waals surface area contributed by atoms with Crippen molar-refractivity contribution in [2.75, 3.05) is 6.54 Å². The van der Waals surface area contributed by atoms with E-state index in [4.69, 9.17) is 11.6 Å². The third-order valence-electron chi connectivity index (χ3n) is 3.16. The minimum absolute atomic E-state index is 0.418. The molecule has 1 saturated heterocycles. The molecule has 0 amide bonds. The van der Waals surface area contributed by atoms with Crippen LogP contribution in [-0.4, -0.2) is 17.7 Å². The van der Waals surface area contributed by atoms with Crippen LogP contribution >= 0.6 is 22.9 Å². The molecule has 90 valence electrons. The predicted molar refractivity (Wildman–Crippen MR) is 69.2 cm³/mol. The summed E-state index contributed by atoms with van der Waals surface area (Å²) < 4.78 is 0. The van der Waals surface area contributed by atoms with Gasteiger partial charge in [0.15, 0.2) is 0 Å². The molecule has 0 spiro atoms. The van der Waals surface area contributed by atoms with Gasteiger partial charge in [0.1, 0.15) is 0 Å². The molecular formula is C12H18ClNOS. The Morgan fingerprint density at radius 2 is 2.44 bits per heavy atom. The van der Waals surface area contributed by atoms with Crippen LogP contribution in [0.25, 0.3) is 0 Å². The number of thiophene rings is 1. The number of aliphatic hydroxyl groups is 1. The number of halogens is 1. The lowest BCUT2D eigenvalue weighted by Crippen LogP contribution is -2.39. The van der Waals surface area contributed by atoms with E-state index in [0.717, 1.165) is 24.3 Å². The molecule has 2 heterocycles. The highest BCUT2D eigenvalue weighted by atomic mass is 35.5. The van der Waals surface area contributed by atoms with Gasteiger partial charge in [-0.3, -0.25) is 0 Å². The van der Waals surface area contributed by atoms with Gasteiger partial charge in [0.05, 0.1) is 15.5 Å². The molecule has 0 radical (unpaired) electrons. The fourth-order valence-electron chi connectivity index (χ4n) is 2.35. The summed E-state index contributed by atoms with van der Waals surface area (Å²) in [5, 5.41) is 16.6. The molecule has 0 aliphatic carbocycles. The van der Waals surface area contributed by atoms with E-state index in [1.807, 2.05) is 18.4 Å². The summed E-state index contributed by atoms with van der Waals surface area (Å²) in [7, 11) is 0. The van der Waals surface area contributed by atoms with E-state index in [-0.39, 0.29) is 0 Å². The first-order valence-corrected chi connectivity index (χ1v) is 7.04. The standard InChI is InChI=1S/C12H18ClNOS/c1-12(15,11-10(13)5-7-16-11)8-9-4-2-3-6-14-9/h5,7,9,14-15H,2-4,6,8H2,1H3. The van der Waals surface area contributed by atoms with E-state index >= 15 is 0 Å². The molecule has 0 saturated carbocycles. The van der Waals surface area contributed by atoms with Crippen molar-refractivity contribution >= 4 is 22.9 Å². The second-order valence-corrected chi connectivity index (χ2v) is 6.05. The van der Waals surface area contributed by atoms with Crippen molar-refractivity contribution in [2.24, 2.45) is 0 Å². The molecule has 2 nitrogen and oxygen atoms in total. The molecule has 2 atom stereocenters. The van der Waals surface area contributed by atoms with Crippen LogP contribution in [0.2, 0.25) is 5.02 Å². The molecule has 2 rings (SSSR count). The fourth-order valence-corrected chi connectivity index (χ4v) is 3.68. The molecule has 1 aliphatic heterocycles. The molecule has 1 aromatic rings. The van der Waals surface area contributed by atoms with Crippen molar-refractivity contribution in [1.82, 2.24) is 5.32 Å². The Bertz CT molecular complexity index is 345. The third kappa shape index (κ3) is 2.77. The molecule has 2 unspecified atom stereocenters. The molecule has 4 heteroatoms. The van der Waals surface area contributed by atoms with E-state index in [2.05, 4.69) is 5.32 Å². The quantitative estimate of drug-likeness (QED) is 0.874. The highest BCUT2D eigenvalue weighted by molar-refractivity contribution is 7.10. The maximum absolute atomic E-state index is 10.5. The van der Waals surface area contributed by atoms with E-state index in [0.29, 0.717) is 11.1 Å². The van der Waals surface area contributed by atoms with Crippen molar-refractivity contribution in [1.29, 1.82) is 0 Å². The summed E-state index contributed by atoms with van der Waals surface area (Å²) in [4.78, 5) is 0.890.